The number of aromatic nitrogens is 2. The Hall–Kier alpha value is -1.65. The average molecular weight is 139 g/mol. The minimum absolute atomic E-state index is 0.188. The number of nitrogens with one attached hydrogen (secondary N) is 1. The van der Waals surface area contributed by atoms with E-state index in [1.807, 2.05) is 0 Å². The molecule has 0 atom stereocenters. The maximum atomic E-state index is 10.7. The monoisotopic (exact) mass is 139 g/mol. The number of nitrogens with zero attached hydrogens (tertiary/aromatic N) is 1. The Kier molecular flexibility index (Phi) is 1.49. The van der Waals surface area contributed by atoms with Crippen LogP contribution >= 0.6 is 0 Å². The van der Waals surface area contributed by atoms with Crippen molar-refractivity contribution in [1.29, 1.82) is 0 Å². The van der Waals surface area contributed by atoms with Gasteiger partial charge in [0.15, 0.2) is 0 Å². The van der Waals surface area contributed by atoms with Gasteiger partial charge in [-0.1, -0.05) is 0 Å². The number of primary amides is 1. The van der Waals surface area contributed by atoms with Crippen LogP contribution in [0.2, 0.25) is 0 Å². The lowest BCUT2D eigenvalue weighted by Gasteiger charge is -1.85. The molecule has 0 bridgehead atoms. The first-order chi connectivity index (χ1) is 4.72. The van der Waals surface area contributed by atoms with Crippen LogP contribution in [0.1, 0.15) is 10.4 Å². The van der Waals surface area contributed by atoms with Crippen molar-refractivity contribution in [3.63, 3.8) is 0 Å². The molecule has 0 aliphatic heterocycles. The Labute approximate surface area is 56.2 Å². The van der Waals surface area contributed by atoms with E-state index in [9.17, 15) is 9.59 Å². The standard InChI is InChI=1S/C5H5N3O2/c6-5(10)4(9)3-1-7-8-2-3/h1-2H,(H2,6,10)(H,7,8). The highest BCUT2D eigenvalue weighted by atomic mass is 16.2. The van der Waals surface area contributed by atoms with Gasteiger partial charge in [-0.05, 0) is 0 Å². The fourth-order valence-corrected chi connectivity index (χ4v) is 0.517. The Bertz CT molecular complexity index is 252. The van der Waals surface area contributed by atoms with E-state index >= 15 is 0 Å². The van der Waals surface area contributed by atoms with E-state index in [1.165, 1.54) is 12.4 Å². The molecular weight excluding hydrogens is 134 g/mol. The number of carbonyl (C=O) groups excluding carboxylic acids is 2. The van der Waals surface area contributed by atoms with Gasteiger partial charge in [0.1, 0.15) is 0 Å². The fraction of sp³-hybridized carbons (Fsp3) is 0. The normalized spacial score (nSPS) is 9.20. The molecule has 0 unspecified atom stereocenters. The van der Waals surface area contributed by atoms with Crippen molar-refractivity contribution in [3.8, 4) is 0 Å². The summed E-state index contributed by atoms with van der Waals surface area (Å²) in [6, 6.07) is 0. The smallest absolute Gasteiger partial charge is 0.289 e. The number of hydrogen-bond acceptors (Lipinski definition) is 3. The summed E-state index contributed by atoms with van der Waals surface area (Å²) in [4.78, 5) is 20.9. The summed E-state index contributed by atoms with van der Waals surface area (Å²) in [7, 11) is 0. The van der Waals surface area contributed by atoms with Gasteiger partial charge in [-0.2, -0.15) is 5.10 Å². The van der Waals surface area contributed by atoms with Gasteiger partial charge >= 0.3 is 0 Å². The zero-order chi connectivity index (χ0) is 7.56. The Morgan fingerprint density at radius 1 is 1.60 bits per heavy atom. The molecule has 52 valence electrons. The van der Waals surface area contributed by atoms with Gasteiger partial charge < -0.3 is 5.73 Å². The number of amides is 1. The fourth-order valence-electron chi connectivity index (χ4n) is 0.517. The molecule has 0 aliphatic rings. The van der Waals surface area contributed by atoms with Crippen molar-refractivity contribution in [3.05, 3.63) is 18.0 Å². The van der Waals surface area contributed by atoms with Gasteiger partial charge in [-0.15, -0.1) is 0 Å². The van der Waals surface area contributed by atoms with Gasteiger partial charge in [-0.3, -0.25) is 14.7 Å². The lowest BCUT2D eigenvalue weighted by atomic mass is 10.2. The quantitative estimate of drug-likeness (QED) is 0.410. The van der Waals surface area contributed by atoms with Gasteiger partial charge in [0.25, 0.3) is 11.7 Å². The van der Waals surface area contributed by atoms with Crippen LogP contribution in [0.15, 0.2) is 12.4 Å². The molecule has 1 heterocycles. The minimum Gasteiger partial charge on any atom is -0.363 e. The third-order valence-electron chi connectivity index (χ3n) is 0.984. The van der Waals surface area contributed by atoms with E-state index in [0.29, 0.717) is 0 Å². The van der Waals surface area contributed by atoms with Gasteiger partial charge in [0.2, 0.25) is 0 Å². The Morgan fingerprint density at radius 3 is 2.70 bits per heavy atom. The molecule has 0 aromatic carbocycles. The summed E-state index contributed by atoms with van der Waals surface area (Å²) in [6.45, 7) is 0. The van der Waals surface area contributed by atoms with Gasteiger partial charge in [0.05, 0.1) is 11.8 Å². The number of rotatable bonds is 2. The molecule has 1 aromatic rings. The summed E-state index contributed by atoms with van der Waals surface area (Å²) < 4.78 is 0. The molecular formula is C5H5N3O2. The average Bonchev–Trinajstić information content (AvgIpc) is 2.36. The van der Waals surface area contributed by atoms with Crippen LogP contribution < -0.4 is 5.73 Å². The van der Waals surface area contributed by atoms with Gasteiger partial charge in [-0.25, -0.2) is 0 Å². The summed E-state index contributed by atoms with van der Waals surface area (Å²) >= 11 is 0. The maximum absolute atomic E-state index is 10.7. The van der Waals surface area contributed by atoms with E-state index in [1.54, 1.807) is 0 Å². The van der Waals surface area contributed by atoms with Crippen LogP contribution in [0.4, 0.5) is 0 Å². The number of aromatic amines is 1. The number of hydrogen-bond donors (Lipinski definition) is 2. The number of H-pyrrole nitrogens is 1. The topological polar surface area (TPSA) is 88.8 Å². The first-order valence-corrected chi connectivity index (χ1v) is 2.54. The third-order valence-corrected chi connectivity index (χ3v) is 0.984. The van der Waals surface area contributed by atoms with Crippen LogP contribution in [0, 0.1) is 0 Å². The number of ketones is 1. The Morgan fingerprint density at radius 2 is 2.30 bits per heavy atom. The zero-order valence-electron chi connectivity index (χ0n) is 5.00. The largest absolute Gasteiger partial charge is 0.363 e. The van der Waals surface area contributed by atoms with E-state index in [-0.39, 0.29) is 5.56 Å². The third kappa shape index (κ3) is 1.02. The molecule has 3 N–H and O–H groups in total. The molecule has 0 spiro atoms. The molecule has 0 aliphatic carbocycles. The Balaban J connectivity index is 2.88. The summed E-state index contributed by atoms with van der Waals surface area (Å²) in [6.07, 6.45) is 2.56. The molecule has 10 heavy (non-hydrogen) atoms. The van der Waals surface area contributed by atoms with Crippen molar-refractivity contribution >= 4 is 11.7 Å². The zero-order valence-corrected chi connectivity index (χ0v) is 5.00. The predicted molar refractivity (Wildman–Crippen MR) is 32.1 cm³/mol. The molecule has 5 heteroatoms. The molecule has 5 nitrogen and oxygen atoms in total. The van der Waals surface area contributed by atoms with Crippen LogP contribution in [0.5, 0.6) is 0 Å². The van der Waals surface area contributed by atoms with E-state index in [4.69, 9.17) is 5.73 Å². The van der Waals surface area contributed by atoms with Crippen molar-refractivity contribution in [2.24, 2.45) is 5.73 Å². The minimum atomic E-state index is -0.971. The molecule has 0 fully saturated rings. The first-order valence-electron chi connectivity index (χ1n) is 2.54. The highest BCUT2D eigenvalue weighted by molar-refractivity contribution is 6.42. The molecule has 1 aromatic heterocycles. The predicted octanol–water partition coefficient (Wildman–Crippen LogP) is -0.922. The second-order valence-electron chi connectivity index (χ2n) is 1.68. The molecule has 1 rings (SSSR count). The van der Waals surface area contributed by atoms with Crippen molar-refractivity contribution in [2.45, 2.75) is 0 Å². The van der Waals surface area contributed by atoms with Crippen LogP contribution in [0.3, 0.4) is 0 Å². The lowest BCUT2D eigenvalue weighted by Crippen LogP contribution is -2.22. The highest BCUT2D eigenvalue weighted by Gasteiger charge is 2.11. The molecule has 1 amide bonds. The summed E-state index contributed by atoms with van der Waals surface area (Å²) in [5.41, 5.74) is 4.88. The van der Waals surface area contributed by atoms with Crippen molar-refractivity contribution in [1.82, 2.24) is 10.2 Å². The molecule has 0 radical (unpaired) electrons. The number of nitrogens with two attached hydrogens (primary N) is 1. The van der Waals surface area contributed by atoms with Crippen LogP contribution in [0.25, 0.3) is 0 Å². The van der Waals surface area contributed by atoms with Crippen molar-refractivity contribution < 1.29 is 9.59 Å². The summed E-state index contributed by atoms with van der Waals surface area (Å²) in [5.74, 6) is -1.70. The lowest BCUT2D eigenvalue weighted by molar-refractivity contribution is -0.114. The molecule has 0 saturated carbocycles. The van der Waals surface area contributed by atoms with Crippen molar-refractivity contribution in [2.75, 3.05) is 0 Å². The van der Waals surface area contributed by atoms with Crippen LogP contribution in [-0.4, -0.2) is 21.9 Å². The second-order valence-corrected chi connectivity index (χ2v) is 1.68. The SMILES string of the molecule is NC(=O)C(=O)c1cn[nH]c1. The highest BCUT2D eigenvalue weighted by Crippen LogP contribution is 1.93. The van der Waals surface area contributed by atoms with E-state index in [2.05, 4.69) is 10.2 Å². The number of carbonyl (C=O) groups is 2. The first kappa shape index (κ1) is 6.47. The second kappa shape index (κ2) is 2.30. The molecule has 0 saturated heterocycles. The van der Waals surface area contributed by atoms with Crippen LogP contribution in [-0.2, 0) is 4.79 Å². The van der Waals surface area contributed by atoms with Gasteiger partial charge in [0, 0.05) is 6.20 Å². The maximum Gasteiger partial charge on any atom is 0.289 e. The van der Waals surface area contributed by atoms with E-state index < -0.39 is 11.7 Å². The number of Topliss-reactive ketones (excluding diaryl/α,β-unsaturated/α-hetero) is 1. The summed E-state index contributed by atoms with van der Waals surface area (Å²) in [5, 5.41) is 5.86. The van der Waals surface area contributed by atoms with E-state index in [0.717, 1.165) is 0 Å².